The second-order valence-electron chi connectivity index (χ2n) is 8.63. The van der Waals surface area contributed by atoms with Crippen LogP contribution in [0.2, 0.25) is 0 Å². The van der Waals surface area contributed by atoms with Crippen LogP contribution < -0.4 is 0 Å². The molecule has 2 atom stereocenters. The van der Waals surface area contributed by atoms with Crippen molar-refractivity contribution in [1.29, 1.82) is 0 Å². The van der Waals surface area contributed by atoms with Crippen LogP contribution in [-0.4, -0.2) is 9.97 Å². The molecule has 1 heterocycles. The Labute approximate surface area is 179 Å². The van der Waals surface area contributed by atoms with Crippen molar-refractivity contribution >= 4 is 5.57 Å². The van der Waals surface area contributed by atoms with E-state index in [1.165, 1.54) is 68.2 Å². The van der Waals surface area contributed by atoms with Crippen molar-refractivity contribution in [3.05, 3.63) is 84.7 Å². The summed E-state index contributed by atoms with van der Waals surface area (Å²) in [7, 11) is 0. The van der Waals surface area contributed by atoms with E-state index in [1.807, 2.05) is 24.5 Å². The van der Waals surface area contributed by atoms with Gasteiger partial charge in [-0.15, -0.1) is 0 Å². The van der Waals surface area contributed by atoms with Gasteiger partial charge in [0.25, 0.3) is 0 Å². The summed E-state index contributed by atoms with van der Waals surface area (Å²) in [5.74, 6) is 2.22. The summed E-state index contributed by atoms with van der Waals surface area (Å²) >= 11 is 0. The van der Waals surface area contributed by atoms with Crippen LogP contribution in [0.1, 0.15) is 56.3 Å². The molecule has 156 valence electrons. The average molecular weight is 403 g/mol. The molecule has 3 heteroatoms. The number of allylic oxidation sites excluding steroid dienone is 1. The minimum Gasteiger partial charge on any atom is -0.349 e. The molecule has 3 aromatic rings. The molecule has 1 aromatic heterocycles. The van der Waals surface area contributed by atoms with Gasteiger partial charge >= 0.3 is 0 Å². The summed E-state index contributed by atoms with van der Waals surface area (Å²) in [4.78, 5) is 7.68. The molecular formula is C27H31FN2. The van der Waals surface area contributed by atoms with E-state index in [9.17, 15) is 4.39 Å². The van der Waals surface area contributed by atoms with Crippen molar-refractivity contribution in [2.45, 2.75) is 51.4 Å². The molecule has 1 fully saturated rings. The number of hydrogen-bond donors (Lipinski definition) is 1. The van der Waals surface area contributed by atoms with Gasteiger partial charge in [-0.3, -0.25) is 0 Å². The topological polar surface area (TPSA) is 28.7 Å². The smallest absolute Gasteiger partial charge is 0.123 e. The molecular weight excluding hydrogens is 371 g/mol. The fourth-order valence-corrected chi connectivity index (χ4v) is 4.76. The van der Waals surface area contributed by atoms with Crippen molar-refractivity contribution in [2.75, 3.05) is 0 Å². The Morgan fingerprint density at radius 3 is 2.23 bits per heavy atom. The molecule has 0 radical (unpaired) electrons. The zero-order valence-electron chi connectivity index (χ0n) is 17.6. The minimum atomic E-state index is -0.199. The Morgan fingerprint density at radius 1 is 0.900 bits per heavy atom. The lowest BCUT2D eigenvalue weighted by Crippen LogP contribution is -2.06. The fourth-order valence-electron chi connectivity index (χ4n) is 4.76. The van der Waals surface area contributed by atoms with Gasteiger partial charge in [-0.1, -0.05) is 68.7 Å². The third kappa shape index (κ3) is 5.27. The number of aromatic amines is 1. The lowest BCUT2D eigenvalue weighted by Gasteiger charge is -2.20. The van der Waals surface area contributed by atoms with Gasteiger partial charge in [0, 0.05) is 18.8 Å². The first-order valence-corrected chi connectivity index (χ1v) is 11.2. The third-order valence-electron chi connectivity index (χ3n) is 6.54. The number of H-pyrrole nitrogens is 1. The van der Waals surface area contributed by atoms with Gasteiger partial charge < -0.3 is 4.98 Å². The van der Waals surface area contributed by atoms with Gasteiger partial charge in [0.2, 0.25) is 0 Å². The van der Waals surface area contributed by atoms with Gasteiger partial charge in [0.15, 0.2) is 0 Å². The van der Waals surface area contributed by atoms with Crippen molar-refractivity contribution in [3.8, 4) is 11.1 Å². The average Bonchev–Trinajstić information content (AvgIpc) is 3.31. The molecule has 0 amide bonds. The molecule has 1 N–H and O–H groups in total. The van der Waals surface area contributed by atoms with Crippen LogP contribution in [0.4, 0.5) is 4.39 Å². The number of benzene rings is 2. The van der Waals surface area contributed by atoms with Gasteiger partial charge in [0.05, 0.1) is 0 Å². The molecule has 2 aromatic carbocycles. The Kier molecular flexibility index (Phi) is 6.78. The molecule has 1 aliphatic carbocycles. The summed E-state index contributed by atoms with van der Waals surface area (Å²) in [6.07, 6.45) is 13.7. The maximum atomic E-state index is 13.2. The molecule has 0 bridgehead atoms. The Morgan fingerprint density at radius 2 is 1.53 bits per heavy atom. The molecule has 2 nitrogen and oxygen atoms in total. The van der Waals surface area contributed by atoms with Crippen LogP contribution in [0.25, 0.3) is 16.7 Å². The number of nitrogens with one attached hydrogen (secondary N) is 1. The van der Waals surface area contributed by atoms with E-state index < -0.39 is 0 Å². The Balaban J connectivity index is 1.37. The van der Waals surface area contributed by atoms with E-state index in [1.54, 1.807) is 0 Å². The number of nitrogens with zero attached hydrogens (tertiary/aromatic N) is 1. The highest BCUT2D eigenvalue weighted by atomic mass is 19.1. The molecule has 0 saturated heterocycles. The quantitative estimate of drug-likeness (QED) is 0.472. The lowest BCUT2D eigenvalue weighted by molar-refractivity contribution is 0.417. The predicted octanol–water partition coefficient (Wildman–Crippen LogP) is 7.45. The molecule has 1 aliphatic rings. The third-order valence-corrected chi connectivity index (χ3v) is 6.54. The zero-order chi connectivity index (χ0) is 20.8. The van der Waals surface area contributed by atoms with E-state index in [4.69, 9.17) is 0 Å². The number of halogens is 1. The van der Waals surface area contributed by atoms with Gasteiger partial charge in [-0.25, -0.2) is 9.37 Å². The van der Waals surface area contributed by atoms with E-state index in [-0.39, 0.29) is 5.82 Å². The first-order chi connectivity index (χ1) is 14.7. The number of aromatic nitrogens is 2. The van der Waals surface area contributed by atoms with Crippen molar-refractivity contribution < 1.29 is 4.39 Å². The summed E-state index contributed by atoms with van der Waals surface area (Å²) < 4.78 is 13.2. The number of rotatable bonds is 5. The Hall–Kier alpha value is -2.68. The monoisotopic (exact) mass is 402 g/mol. The highest BCUT2D eigenvalue weighted by molar-refractivity contribution is 5.70. The summed E-state index contributed by atoms with van der Waals surface area (Å²) in [6, 6.07) is 15.3. The SMILES string of the molecule is C=C(c1ccc(-c2ccc(F)cc2)cc1)C1CCCCC(Cc2ncc[nH]2)CCC1. The molecule has 1 saturated carbocycles. The first kappa shape index (κ1) is 20.6. The minimum absolute atomic E-state index is 0.199. The summed E-state index contributed by atoms with van der Waals surface area (Å²) in [5.41, 5.74) is 4.66. The van der Waals surface area contributed by atoms with Crippen LogP contribution in [0.5, 0.6) is 0 Å². The maximum Gasteiger partial charge on any atom is 0.123 e. The van der Waals surface area contributed by atoms with Crippen molar-refractivity contribution in [3.63, 3.8) is 0 Å². The van der Waals surface area contributed by atoms with Crippen molar-refractivity contribution in [2.24, 2.45) is 11.8 Å². The molecule has 0 aliphatic heterocycles. The van der Waals surface area contributed by atoms with Gasteiger partial charge in [-0.05, 0) is 65.5 Å². The Bertz CT molecular complexity index is 926. The van der Waals surface area contributed by atoms with E-state index in [0.717, 1.165) is 29.3 Å². The second-order valence-corrected chi connectivity index (χ2v) is 8.63. The standard InChI is InChI=1S/C27H31FN2/c1-20(23-9-11-24(12-10-23)25-13-15-26(28)16-14-25)22-7-3-2-5-21(6-4-8-22)19-27-29-17-18-30-27/h9-18,21-22H,1-8,19H2,(H,29,30). The van der Waals surface area contributed by atoms with Crippen LogP contribution in [-0.2, 0) is 6.42 Å². The number of hydrogen-bond acceptors (Lipinski definition) is 1. The van der Waals surface area contributed by atoms with Gasteiger partial charge in [-0.2, -0.15) is 0 Å². The number of imidazole rings is 1. The highest BCUT2D eigenvalue weighted by Gasteiger charge is 2.19. The molecule has 0 spiro atoms. The second kappa shape index (κ2) is 9.88. The normalized spacial score (nSPS) is 20.2. The first-order valence-electron chi connectivity index (χ1n) is 11.2. The van der Waals surface area contributed by atoms with Crippen LogP contribution in [0, 0.1) is 17.7 Å². The van der Waals surface area contributed by atoms with E-state index in [2.05, 4.69) is 40.8 Å². The summed E-state index contributed by atoms with van der Waals surface area (Å²) in [6.45, 7) is 4.48. The predicted molar refractivity (Wildman–Crippen MR) is 122 cm³/mol. The molecule has 4 rings (SSSR count). The highest BCUT2D eigenvalue weighted by Crippen LogP contribution is 2.34. The maximum absolute atomic E-state index is 13.2. The van der Waals surface area contributed by atoms with E-state index >= 15 is 0 Å². The lowest BCUT2D eigenvalue weighted by atomic mass is 9.85. The van der Waals surface area contributed by atoms with Crippen molar-refractivity contribution in [1.82, 2.24) is 9.97 Å². The largest absolute Gasteiger partial charge is 0.349 e. The molecule has 2 unspecified atom stereocenters. The van der Waals surface area contributed by atoms with E-state index in [0.29, 0.717) is 5.92 Å². The summed E-state index contributed by atoms with van der Waals surface area (Å²) in [5, 5.41) is 0. The van der Waals surface area contributed by atoms with Crippen LogP contribution in [0.15, 0.2) is 67.5 Å². The molecule has 30 heavy (non-hydrogen) atoms. The van der Waals surface area contributed by atoms with Crippen LogP contribution >= 0.6 is 0 Å². The zero-order valence-corrected chi connectivity index (χ0v) is 17.6. The fraction of sp³-hybridized carbons (Fsp3) is 0.370. The van der Waals surface area contributed by atoms with Gasteiger partial charge in [0.1, 0.15) is 11.6 Å². The van der Waals surface area contributed by atoms with Crippen LogP contribution in [0.3, 0.4) is 0 Å².